The number of anilines is 2. The number of amides is 1. The van der Waals surface area contributed by atoms with Crippen LogP contribution in [0.2, 0.25) is 0 Å². The molecule has 0 saturated carbocycles. The Balaban J connectivity index is 1.72. The van der Waals surface area contributed by atoms with Crippen molar-refractivity contribution in [1.82, 2.24) is 9.72 Å². The van der Waals surface area contributed by atoms with Crippen molar-refractivity contribution in [2.24, 2.45) is 0 Å². The van der Waals surface area contributed by atoms with Gasteiger partial charge in [0.05, 0.1) is 4.88 Å². The van der Waals surface area contributed by atoms with E-state index < -0.39 is 5.76 Å². The van der Waals surface area contributed by atoms with Crippen LogP contribution in [-0.2, 0) is 11.3 Å². The van der Waals surface area contributed by atoms with E-state index in [1.165, 1.54) is 15.9 Å². The van der Waals surface area contributed by atoms with Gasteiger partial charge in [-0.1, -0.05) is 47.6 Å². The van der Waals surface area contributed by atoms with Gasteiger partial charge in [-0.25, -0.2) is 9.36 Å². The van der Waals surface area contributed by atoms with Crippen LogP contribution in [0.25, 0.3) is 10.7 Å². The summed E-state index contributed by atoms with van der Waals surface area (Å²) in [7, 11) is 0. The number of hydrogen-bond donors (Lipinski definition) is 0. The van der Waals surface area contributed by atoms with Crippen LogP contribution in [0, 0.1) is 0 Å². The molecular formula is C20H15N3O3S. The standard InChI is InChI=1S/C20H15N3O3S/c24-18(14-22-19(21-26-20(22)25)17-12-7-13-27-17)23(15-8-3-1-4-9-15)16-10-5-2-6-11-16/h1-13H,14H2. The third-order valence-corrected chi connectivity index (χ3v) is 4.87. The lowest BCUT2D eigenvalue weighted by molar-refractivity contribution is -0.118. The second kappa shape index (κ2) is 7.43. The lowest BCUT2D eigenvalue weighted by Crippen LogP contribution is -2.32. The number of thiophene rings is 1. The van der Waals surface area contributed by atoms with Gasteiger partial charge >= 0.3 is 5.76 Å². The number of hydrogen-bond acceptors (Lipinski definition) is 5. The monoisotopic (exact) mass is 377 g/mol. The Labute approximate surface area is 158 Å². The molecule has 4 aromatic rings. The van der Waals surface area contributed by atoms with Crippen molar-refractivity contribution in [2.75, 3.05) is 4.90 Å². The van der Waals surface area contributed by atoms with Crippen molar-refractivity contribution >= 4 is 28.6 Å². The van der Waals surface area contributed by atoms with Crippen molar-refractivity contribution in [1.29, 1.82) is 0 Å². The number of carbonyl (C=O) groups excluding carboxylic acids is 1. The van der Waals surface area contributed by atoms with Crippen LogP contribution >= 0.6 is 11.3 Å². The second-order valence-corrected chi connectivity index (χ2v) is 6.68. The van der Waals surface area contributed by atoms with Crippen molar-refractivity contribution in [3.63, 3.8) is 0 Å². The SMILES string of the molecule is O=C(Cn1c(-c2cccs2)noc1=O)N(c1ccccc1)c1ccccc1. The highest BCUT2D eigenvalue weighted by Crippen LogP contribution is 2.26. The molecule has 0 spiro atoms. The highest BCUT2D eigenvalue weighted by molar-refractivity contribution is 7.13. The van der Waals surface area contributed by atoms with Crippen LogP contribution in [0.15, 0.2) is 87.5 Å². The zero-order chi connectivity index (χ0) is 18.6. The molecule has 2 aromatic heterocycles. The number of carbonyl (C=O) groups is 1. The van der Waals surface area contributed by atoms with Gasteiger partial charge in [-0.2, -0.15) is 0 Å². The highest BCUT2D eigenvalue weighted by atomic mass is 32.1. The molecule has 2 heterocycles. The molecule has 4 rings (SSSR count). The Morgan fingerprint density at radius 1 is 0.963 bits per heavy atom. The summed E-state index contributed by atoms with van der Waals surface area (Å²) in [6.45, 7) is -0.181. The van der Waals surface area contributed by atoms with E-state index in [-0.39, 0.29) is 12.5 Å². The highest BCUT2D eigenvalue weighted by Gasteiger charge is 2.22. The van der Waals surface area contributed by atoms with E-state index in [4.69, 9.17) is 4.52 Å². The molecule has 0 N–H and O–H groups in total. The first kappa shape index (κ1) is 17.0. The van der Waals surface area contributed by atoms with Crippen LogP contribution in [0.3, 0.4) is 0 Å². The fourth-order valence-corrected chi connectivity index (χ4v) is 3.50. The molecule has 0 atom stereocenters. The lowest BCUT2D eigenvalue weighted by atomic mass is 10.2. The normalized spacial score (nSPS) is 10.7. The lowest BCUT2D eigenvalue weighted by Gasteiger charge is -2.23. The molecule has 0 bridgehead atoms. The Hall–Kier alpha value is -3.45. The summed E-state index contributed by atoms with van der Waals surface area (Å²) in [4.78, 5) is 27.7. The summed E-state index contributed by atoms with van der Waals surface area (Å²) in [6.07, 6.45) is 0. The Morgan fingerprint density at radius 3 is 2.15 bits per heavy atom. The molecule has 0 radical (unpaired) electrons. The summed E-state index contributed by atoms with van der Waals surface area (Å²) in [5.41, 5.74) is 1.44. The van der Waals surface area contributed by atoms with Gasteiger partial charge in [0.1, 0.15) is 6.54 Å². The molecule has 0 fully saturated rings. The van der Waals surface area contributed by atoms with Gasteiger partial charge in [-0.05, 0) is 35.7 Å². The number of para-hydroxylation sites is 2. The Kier molecular flexibility index (Phi) is 4.67. The fraction of sp³-hybridized carbons (Fsp3) is 0.0500. The van der Waals surface area contributed by atoms with Crippen molar-refractivity contribution in [3.05, 3.63) is 88.7 Å². The third-order valence-electron chi connectivity index (χ3n) is 4.00. The second-order valence-electron chi connectivity index (χ2n) is 5.74. The van der Waals surface area contributed by atoms with Gasteiger partial charge in [-0.3, -0.25) is 14.2 Å². The van der Waals surface area contributed by atoms with E-state index in [0.717, 1.165) is 16.3 Å². The molecule has 0 aliphatic carbocycles. The quantitative estimate of drug-likeness (QED) is 0.528. The topological polar surface area (TPSA) is 68.3 Å². The molecule has 27 heavy (non-hydrogen) atoms. The van der Waals surface area contributed by atoms with E-state index in [1.54, 1.807) is 4.90 Å². The van der Waals surface area contributed by atoms with Gasteiger partial charge < -0.3 is 0 Å². The van der Waals surface area contributed by atoms with Gasteiger partial charge in [0.25, 0.3) is 5.91 Å². The van der Waals surface area contributed by atoms with Crippen molar-refractivity contribution in [3.8, 4) is 10.7 Å². The molecule has 0 unspecified atom stereocenters. The maximum Gasteiger partial charge on any atom is 0.442 e. The molecule has 0 aliphatic heterocycles. The van der Waals surface area contributed by atoms with Gasteiger partial charge in [-0.15, -0.1) is 11.3 Å². The first-order valence-electron chi connectivity index (χ1n) is 8.27. The molecule has 0 saturated heterocycles. The van der Waals surface area contributed by atoms with E-state index in [0.29, 0.717) is 5.82 Å². The molecular weight excluding hydrogens is 362 g/mol. The average Bonchev–Trinajstić information content (AvgIpc) is 3.34. The van der Waals surface area contributed by atoms with E-state index in [2.05, 4.69) is 5.16 Å². The van der Waals surface area contributed by atoms with E-state index in [1.807, 2.05) is 78.2 Å². The van der Waals surface area contributed by atoms with Crippen LogP contribution in [-0.4, -0.2) is 15.6 Å². The first-order chi connectivity index (χ1) is 13.2. The Bertz CT molecular complexity index is 1050. The maximum atomic E-state index is 13.2. The number of aromatic nitrogens is 2. The maximum absolute atomic E-state index is 13.2. The minimum Gasteiger partial charge on any atom is -0.295 e. The predicted molar refractivity (Wildman–Crippen MR) is 104 cm³/mol. The molecule has 2 aromatic carbocycles. The zero-order valence-electron chi connectivity index (χ0n) is 14.2. The van der Waals surface area contributed by atoms with Gasteiger partial charge in [0.2, 0.25) is 0 Å². The smallest absolute Gasteiger partial charge is 0.295 e. The molecule has 1 amide bonds. The first-order valence-corrected chi connectivity index (χ1v) is 9.15. The predicted octanol–water partition coefficient (Wildman–Crippen LogP) is 3.93. The summed E-state index contributed by atoms with van der Waals surface area (Å²) in [5.74, 6) is -0.576. The van der Waals surface area contributed by atoms with Crippen molar-refractivity contribution in [2.45, 2.75) is 6.54 Å². The average molecular weight is 377 g/mol. The number of benzene rings is 2. The van der Waals surface area contributed by atoms with Gasteiger partial charge in [0.15, 0.2) is 5.82 Å². The van der Waals surface area contributed by atoms with Crippen LogP contribution < -0.4 is 10.7 Å². The number of rotatable bonds is 5. The summed E-state index contributed by atoms with van der Waals surface area (Å²) in [6, 6.07) is 22.3. The largest absolute Gasteiger partial charge is 0.442 e. The minimum absolute atomic E-state index is 0.181. The summed E-state index contributed by atoms with van der Waals surface area (Å²) in [5, 5.41) is 5.71. The summed E-state index contributed by atoms with van der Waals surface area (Å²) < 4.78 is 6.06. The van der Waals surface area contributed by atoms with Crippen molar-refractivity contribution < 1.29 is 9.32 Å². The van der Waals surface area contributed by atoms with Crippen LogP contribution in [0.1, 0.15) is 0 Å². The Morgan fingerprint density at radius 2 is 1.59 bits per heavy atom. The fourth-order valence-electron chi connectivity index (χ4n) is 2.79. The molecule has 7 heteroatoms. The summed E-state index contributed by atoms with van der Waals surface area (Å²) >= 11 is 1.42. The van der Waals surface area contributed by atoms with Crippen LogP contribution in [0.4, 0.5) is 11.4 Å². The molecule has 0 aliphatic rings. The van der Waals surface area contributed by atoms with E-state index >= 15 is 0 Å². The minimum atomic E-state index is -0.659. The molecule has 6 nitrogen and oxygen atoms in total. The zero-order valence-corrected chi connectivity index (χ0v) is 15.0. The van der Waals surface area contributed by atoms with Gasteiger partial charge in [0, 0.05) is 11.4 Å². The number of nitrogens with zero attached hydrogens (tertiary/aromatic N) is 3. The van der Waals surface area contributed by atoms with Crippen LogP contribution in [0.5, 0.6) is 0 Å². The van der Waals surface area contributed by atoms with E-state index in [9.17, 15) is 9.59 Å². The molecule has 134 valence electrons. The third kappa shape index (κ3) is 3.45.